The summed E-state index contributed by atoms with van der Waals surface area (Å²) < 4.78 is 65.6. The molecule has 1 heterocycles. The molecule has 2 atom stereocenters. The summed E-state index contributed by atoms with van der Waals surface area (Å²) in [4.78, 5) is 6.38. The summed E-state index contributed by atoms with van der Waals surface area (Å²) in [6.07, 6.45) is 2.86. The van der Waals surface area contributed by atoms with E-state index in [1.807, 2.05) is 18.3 Å². The highest BCUT2D eigenvalue weighted by molar-refractivity contribution is 7.91. The van der Waals surface area contributed by atoms with E-state index in [4.69, 9.17) is 0 Å². The Morgan fingerprint density at radius 1 is 1.11 bits per heavy atom. The van der Waals surface area contributed by atoms with Crippen molar-refractivity contribution in [3.8, 4) is 0 Å². The van der Waals surface area contributed by atoms with Crippen molar-refractivity contribution >= 4 is 15.5 Å². The van der Waals surface area contributed by atoms with Gasteiger partial charge in [0.05, 0.1) is 15.4 Å². The van der Waals surface area contributed by atoms with E-state index in [2.05, 4.69) is 42.1 Å². The van der Waals surface area contributed by atoms with Gasteiger partial charge in [0.1, 0.15) is 0 Å². The van der Waals surface area contributed by atoms with Crippen molar-refractivity contribution in [1.82, 2.24) is 4.98 Å². The number of pyridine rings is 1. The average Bonchev–Trinajstić information content (AvgIpc) is 2.89. The molecule has 0 amide bonds. The van der Waals surface area contributed by atoms with Gasteiger partial charge < -0.3 is 4.90 Å². The maximum atomic E-state index is 13.2. The monoisotopic (exact) mass is 542 g/mol. The molecule has 202 valence electrons. The Hall–Kier alpha value is -3.35. The number of aryl methyl sites for hydroxylation is 1. The number of hydrogen-bond acceptors (Lipinski definition) is 4. The molecule has 2 aromatic carbocycles. The molecular weight excluding hydrogens is 509 g/mol. The first-order valence-corrected chi connectivity index (χ1v) is 14.0. The first-order chi connectivity index (χ1) is 18.0. The van der Waals surface area contributed by atoms with Gasteiger partial charge in [-0.15, -0.1) is 5.73 Å². The second kappa shape index (κ2) is 12.5. The molecule has 0 aliphatic rings. The number of sulfone groups is 1. The fraction of sp³-hybridized carbons (Fsp3) is 0.333. The van der Waals surface area contributed by atoms with Gasteiger partial charge in [0, 0.05) is 37.1 Å². The summed E-state index contributed by atoms with van der Waals surface area (Å²) in [5.74, 6) is 0.311. The summed E-state index contributed by atoms with van der Waals surface area (Å²) in [6.45, 7) is 10.8. The number of anilines is 1. The van der Waals surface area contributed by atoms with Gasteiger partial charge in [0.15, 0.2) is 0 Å². The van der Waals surface area contributed by atoms with Crippen LogP contribution in [0.4, 0.5) is 18.9 Å². The lowest BCUT2D eigenvalue weighted by Crippen LogP contribution is -2.32. The average molecular weight is 543 g/mol. The predicted molar refractivity (Wildman–Crippen MR) is 145 cm³/mol. The van der Waals surface area contributed by atoms with E-state index in [1.54, 1.807) is 18.3 Å². The Bertz CT molecular complexity index is 1360. The molecule has 0 aliphatic heterocycles. The largest absolute Gasteiger partial charge is 0.416 e. The SMILES string of the molecule is C=C=CC(CN(CCC)c1ccc(S(=O)(=O)c2ccc(C(F)(F)F)cc2C)cc1)C(CC)c1cccnc1. The molecule has 3 aromatic rings. The third-order valence-electron chi connectivity index (χ3n) is 6.63. The highest BCUT2D eigenvalue weighted by Gasteiger charge is 2.32. The molecule has 3 rings (SSSR count). The molecule has 0 saturated carbocycles. The van der Waals surface area contributed by atoms with Crippen LogP contribution < -0.4 is 4.90 Å². The van der Waals surface area contributed by atoms with Gasteiger partial charge in [0.25, 0.3) is 0 Å². The van der Waals surface area contributed by atoms with Gasteiger partial charge in [-0.3, -0.25) is 4.98 Å². The fourth-order valence-corrected chi connectivity index (χ4v) is 6.25. The Labute approximate surface area is 223 Å². The number of hydrogen-bond donors (Lipinski definition) is 0. The molecule has 0 saturated heterocycles. The highest BCUT2D eigenvalue weighted by Crippen LogP contribution is 2.34. The van der Waals surface area contributed by atoms with Crippen LogP contribution in [0, 0.1) is 12.8 Å². The van der Waals surface area contributed by atoms with E-state index in [1.165, 1.54) is 19.1 Å². The molecule has 0 fully saturated rings. The van der Waals surface area contributed by atoms with Gasteiger partial charge in [-0.1, -0.05) is 26.5 Å². The van der Waals surface area contributed by atoms with Crippen molar-refractivity contribution in [3.63, 3.8) is 0 Å². The van der Waals surface area contributed by atoms with E-state index in [9.17, 15) is 21.6 Å². The smallest absolute Gasteiger partial charge is 0.371 e. The molecule has 0 N–H and O–H groups in total. The quantitative estimate of drug-likeness (QED) is 0.234. The van der Waals surface area contributed by atoms with Crippen molar-refractivity contribution in [3.05, 3.63) is 102 Å². The van der Waals surface area contributed by atoms with Crippen LogP contribution in [0.1, 0.15) is 49.3 Å². The number of halogens is 3. The lowest BCUT2D eigenvalue weighted by atomic mass is 9.84. The van der Waals surface area contributed by atoms with Crippen molar-refractivity contribution in [2.75, 3.05) is 18.0 Å². The lowest BCUT2D eigenvalue weighted by Gasteiger charge is -2.32. The van der Waals surface area contributed by atoms with E-state index < -0.39 is 21.6 Å². The molecule has 0 spiro atoms. The summed E-state index contributed by atoms with van der Waals surface area (Å²) in [5, 5.41) is 0. The van der Waals surface area contributed by atoms with Crippen LogP contribution in [0.2, 0.25) is 0 Å². The van der Waals surface area contributed by atoms with E-state index in [0.717, 1.165) is 48.8 Å². The number of benzene rings is 2. The third kappa shape index (κ3) is 6.74. The van der Waals surface area contributed by atoms with Crippen LogP contribution in [0.15, 0.2) is 95.2 Å². The lowest BCUT2D eigenvalue weighted by molar-refractivity contribution is -0.137. The second-order valence-corrected chi connectivity index (χ2v) is 11.2. The van der Waals surface area contributed by atoms with Crippen molar-refractivity contribution in [2.45, 2.75) is 55.5 Å². The topological polar surface area (TPSA) is 50.3 Å². The van der Waals surface area contributed by atoms with Crippen LogP contribution in [-0.2, 0) is 16.0 Å². The van der Waals surface area contributed by atoms with Crippen molar-refractivity contribution in [1.29, 1.82) is 0 Å². The molecule has 38 heavy (non-hydrogen) atoms. The zero-order valence-corrected chi connectivity index (χ0v) is 22.7. The Balaban J connectivity index is 1.90. The summed E-state index contributed by atoms with van der Waals surface area (Å²) in [5.41, 5.74) is 4.12. The molecular formula is C30H33F3N2O2S. The molecule has 0 aliphatic carbocycles. The Kier molecular flexibility index (Phi) is 9.58. The van der Waals surface area contributed by atoms with Crippen LogP contribution in [0.25, 0.3) is 0 Å². The normalized spacial score (nSPS) is 13.4. The van der Waals surface area contributed by atoms with Crippen LogP contribution in [0.3, 0.4) is 0 Å². The summed E-state index contributed by atoms with van der Waals surface area (Å²) >= 11 is 0. The van der Waals surface area contributed by atoms with Crippen molar-refractivity contribution in [2.24, 2.45) is 5.92 Å². The Morgan fingerprint density at radius 3 is 2.34 bits per heavy atom. The number of rotatable bonds is 11. The maximum absolute atomic E-state index is 13.2. The van der Waals surface area contributed by atoms with Gasteiger partial charge in [0.2, 0.25) is 9.84 Å². The molecule has 0 bridgehead atoms. The number of alkyl halides is 3. The van der Waals surface area contributed by atoms with E-state index in [-0.39, 0.29) is 27.2 Å². The maximum Gasteiger partial charge on any atom is 0.416 e. The summed E-state index contributed by atoms with van der Waals surface area (Å²) in [6, 6.07) is 13.2. The highest BCUT2D eigenvalue weighted by atomic mass is 32.2. The third-order valence-corrected chi connectivity index (χ3v) is 8.56. The van der Waals surface area contributed by atoms with Gasteiger partial charge in [-0.05, 0) is 91.4 Å². The second-order valence-electron chi connectivity index (χ2n) is 9.26. The predicted octanol–water partition coefficient (Wildman–Crippen LogP) is 7.61. The molecule has 8 heteroatoms. The van der Waals surface area contributed by atoms with Crippen LogP contribution in [0.5, 0.6) is 0 Å². The fourth-order valence-electron chi connectivity index (χ4n) is 4.77. The standard InChI is InChI=1S/C30H33F3N2O2S/c1-5-9-24(28(7-3)23-10-8-17-34-20-23)21-35(18-6-2)26-12-14-27(15-13-26)38(36,37)29-16-11-25(19-22(29)4)30(31,32)33/h8-17,19-20,24,28H,1,6-7,18,21H2,2-4H3. The number of aromatic nitrogens is 1. The van der Waals surface area contributed by atoms with Gasteiger partial charge in [-0.2, -0.15) is 13.2 Å². The van der Waals surface area contributed by atoms with E-state index >= 15 is 0 Å². The number of nitrogens with zero attached hydrogens (tertiary/aromatic N) is 2. The molecule has 1 aromatic heterocycles. The Morgan fingerprint density at radius 2 is 1.82 bits per heavy atom. The van der Waals surface area contributed by atoms with Crippen molar-refractivity contribution < 1.29 is 21.6 Å². The molecule has 0 radical (unpaired) electrons. The summed E-state index contributed by atoms with van der Waals surface area (Å²) in [7, 11) is -3.99. The first kappa shape index (κ1) is 29.2. The van der Waals surface area contributed by atoms with Crippen LogP contribution in [-0.4, -0.2) is 26.5 Å². The minimum Gasteiger partial charge on any atom is -0.371 e. The minimum atomic E-state index is -4.54. The van der Waals surface area contributed by atoms with Gasteiger partial charge >= 0.3 is 6.18 Å². The van der Waals surface area contributed by atoms with Gasteiger partial charge in [-0.25, -0.2) is 8.42 Å². The molecule has 2 unspecified atom stereocenters. The molecule has 4 nitrogen and oxygen atoms in total. The van der Waals surface area contributed by atoms with E-state index in [0.29, 0.717) is 6.54 Å². The zero-order chi connectivity index (χ0) is 27.9. The first-order valence-electron chi connectivity index (χ1n) is 12.6. The minimum absolute atomic E-state index is 0.0323. The van der Waals surface area contributed by atoms with Crippen LogP contribution >= 0.6 is 0 Å². The zero-order valence-electron chi connectivity index (χ0n) is 21.9.